The molecule has 0 unspecified atom stereocenters. The van der Waals surface area contributed by atoms with Crippen LogP contribution in [0.5, 0.6) is 0 Å². The molecule has 1 aromatic heterocycles. The molecule has 7 heteroatoms. The Morgan fingerprint density at radius 2 is 1.92 bits per heavy atom. The number of sulfonamides is 1. The fourth-order valence-electron chi connectivity index (χ4n) is 3.12. The minimum atomic E-state index is -3.70. The first kappa shape index (κ1) is 17.7. The highest BCUT2D eigenvalue weighted by Crippen LogP contribution is 2.42. The Bertz CT molecular complexity index is 928. The number of carbonyl (C=O) groups excluding carboxylic acids is 1. The summed E-state index contributed by atoms with van der Waals surface area (Å²) in [5.41, 5.74) is 0.767. The lowest BCUT2D eigenvalue weighted by Gasteiger charge is -2.18. The maximum absolute atomic E-state index is 12.6. The number of rotatable bonds is 5. The van der Waals surface area contributed by atoms with Crippen LogP contribution in [0.25, 0.3) is 0 Å². The van der Waals surface area contributed by atoms with Gasteiger partial charge in [0.2, 0.25) is 15.9 Å². The van der Waals surface area contributed by atoms with E-state index in [0.717, 1.165) is 17.0 Å². The normalized spacial score (nSPS) is 16.3. The van der Waals surface area contributed by atoms with Crippen molar-refractivity contribution in [2.45, 2.75) is 44.6 Å². The monoisotopic (exact) mass is 362 g/mol. The highest BCUT2D eigenvalue weighted by Gasteiger charge is 2.43. The van der Waals surface area contributed by atoms with Gasteiger partial charge in [-0.2, -0.15) is 0 Å². The van der Waals surface area contributed by atoms with E-state index in [1.807, 2.05) is 20.8 Å². The van der Waals surface area contributed by atoms with Crippen LogP contribution in [-0.2, 0) is 26.8 Å². The molecular weight excluding hydrogens is 340 g/mol. The molecule has 6 nitrogen and oxygen atoms in total. The van der Waals surface area contributed by atoms with Gasteiger partial charge in [0.25, 0.3) is 0 Å². The van der Waals surface area contributed by atoms with Gasteiger partial charge in [-0.3, -0.25) is 4.79 Å². The summed E-state index contributed by atoms with van der Waals surface area (Å²) in [7, 11) is -3.70. The summed E-state index contributed by atoms with van der Waals surface area (Å²) < 4.78 is 33.1. The van der Waals surface area contributed by atoms with Crippen molar-refractivity contribution in [1.29, 1.82) is 0 Å². The molecule has 134 valence electrons. The van der Waals surface area contributed by atoms with Gasteiger partial charge in [0.15, 0.2) is 0 Å². The molecule has 0 atom stereocenters. The smallest absolute Gasteiger partial charge is 0.240 e. The van der Waals surface area contributed by atoms with Crippen molar-refractivity contribution in [3.63, 3.8) is 0 Å². The summed E-state index contributed by atoms with van der Waals surface area (Å²) in [6.45, 7) is 7.98. The average molecular weight is 362 g/mol. The maximum Gasteiger partial charge on any atom is 0.240 e. The van der Waals surface area contributed by atoms with Gasteiger partial charge in [0.1, 0.15) is 11.5 Å². The summed E-state index contributed by atoms with van der Waals surface area (Å²) >= 11 is 0. The van der Waals surface area contributed by atoms with Gasteiger partial charge in [-0.25, -0.2) is 13.1 Å². The topological polar surface area (TPSA) is 79.6 Å². The van der Waals surface area contributed by atoms with Gasteiger partial charge in [0.05, 0.1) is 16.9 Å². The van der Waals surface area contributed by atoms with Gasteiger partial charge >= 0.3 is 0 Å². The predicted octanol–water partition coefficient (Wildman–Crippen LogP) is 2.71. The minimum absolute atomic E-state index is 0.0152. The molecule has 0 saturated heterocycles. The van der Waals surface area contributed by atoms with Crippen molar-refractivity contribution >= 4 is 21.6 Å². The molecule has 0 spiro atoms. The molecule has 0 bridgehead atoms. The summed E-state index contributed by atoms with van der Waals surface area (Å²) in [5.74, 6) is 1.26. The van der Waals surface area contributed by atoms with E-state index in [1.165, 1.54) is 6.07 Å². The summed E-state index contributed by atoms with van der Waals surface area (Å²) in [6, 6.07) is 8.36. The zero-order valence-electron chi connectivity index (χ0n) is 14.8. The third kappa shape index (κ3) is 2.98. The molecule has 1 N–H and O–H groups in total. The molecule has 0 fully saturated rings. The zero-order valence-corrected chi connectivity index (χ0v) is 15.6. The molecule has 0 aliphatic carbocycles. The second-order valence-corrected chi connectivity index (χ2v) is 8.46. The van der Waals surface area contributed by atoms with Crippen LogP contribution in [0.3, 0.4) is 0 Å². The van der Waals surface area contributed by atoms with Crippen LogP contribution in [0, 0.1) is 6.92 Å². The largest absolute Gasteiger partial charge is 0.465 e. The van der Waals surface area contributed by atoms with Gasteiger partial charge in [0, 0.05) is 12.2 Å². The molecule has 1 aliphatic heterocycles. The van der Waals surface area contributed by atoms with Crippen LogP contribution in [0.1, 0.15) is 37.9 Å². The van der Waals surface area contributed by atoms with Crippen LogP contribution < -0.4 is 9.62 Å². The second-order valence-electron chi connectivity index (χ2n) is 6.69. The quantitative estimate of drug-likeness (QED) is 0.887. The van der Waals surface area contributed by atoms with Gasteiger partial charge < -0.3 is 9.32 Å². The Morgan fingerprint density at radius 1 is 1.20 bits per heavy atom. The Morgan fingerprint density at radius 3 is 2.52 bits per heavy atom. The number of amides is 1. The van der Waals surface area contributed by atoms with Crippen molar-refractivity contribution in [3.8, 4) is 0 Å². The number of likely N-dealkylation sites (N-methyl/N-ethyl adjacent to an activating group) is 1. The van der Waals surface area contributed by atoms with Crippen LogP contribution >= 0.6 is 0 Å². The standard InChI is InChI=1S/C18H22N2O4S/c1-5-20-16-9-8-14(10-15(16)18(3,4)17(20)21)25(22,23)19-11-13-7-6-12(2)24-13/h6-10,19H,5,11H2,1-4H3. The molecular formula is C18H22N2O4S. The van der Waals surface area contributed by atoms with E-state index in [-0.39, 0.29) is 17.3 Å². The lowest BCUT2D eigenvalue weighted by molar-refractivity contribution is -0.122. The summed E-state index contributed by atoms with van der Waals surface area (Å²) in [4.78, 5) is 14.4. The highest BCUT2D eigenvalue weighted by molar-refractivity contribution is 7.89. The first-order valence-corrected chi connectivity index (χ1v) is 9.66. The van der Waals surface area contributed by atoms with Crippen molar-refractivity contribution < 1.29 is 17.6 Å². The Balaban J connectivity index is 1.91. The van der Waals surface area contributed by atoms with E-state index in [0.29, 0.717) is 12.3 Å². The number of hydrogen-bond donors (Lipinski definition) is 1. The zero-order chi connectivity index (χ0) is 18.4. The van der Waals surface area contributed by atoms with E-state index in [9.17, 15) is 13.2 Å². The fourth-order valence-corrected chi connectivity index (χ4v) is 4.14. The third-order valence-corrected chi connectivity index (χ3v) is 5.97. The number of fused-ring (bicyclic) bond motifs is 1. The van der Waals surface area contributed by atoms with Crippen molar-refractivity contribution in [2.24, 2.45) is 0 Å². The number of anilines is 1. The third-order valence-electron chi connectivity index (χ3n) is 4.57. The number of furan rings is 1. The second kappa shape index (κ2) is 6.00. The van der Waals surface area contributed by atoms with Crippen molar-refractivity contribution in [1.82, 2.24) is 4.72 Å². The van der Waals surface area contributed by atoms with Crippen LogP contribution in [0.4, 0.5) is 5.69 Å². The lowest BCUT2D eigenvalue weighted by Crippen LogP contribution is -2.35. The average Bonchev–Trinajstić information content (AvgIpc) is 3.06. The van der Waals surface area contributed by atoms with Gasteiger partial charge in [-0.1, -0.05) is 0 Å². The Labute approximate surface area is 147 Å². The molecule has 1 aromatic carbocycles. The Hall–Kier alpha value is -2.12. The number of hydrogen-bond acceptors (Lipinski definition) is 4. The fraction of sp³-hybridized carbons (Fsp3) is 0.389. The molecule has 0 radical (unpaired) electrons. The molecule has 25 heavy (non-hydrogen) atoms. The van der Waals surface area contributed by atoms with Crippen molar-refractivity contribution in [2.75, 3.05) is 11.4 Å². The first-order valence-electron chi connectivity index (χ1n) is 8.18. The van der Waals surface area contributed by atoms with E-state index in [1.54, 1.807) is 36.1 Å². The van der Waals surface area contributed by atoms with Gasteiger partial charge in [-0.05, 0) is 63.6 Å². The van der Waals surface area contributed by atoms with Crippen molar-refractivity contribution in [3.05, 3.63) is 47.4 Å². The lowest BCUT2D eigenvalue weighted by atomic mass is 9.86. The molecule has 1 amide bonds. The van der Waals surface area contributed by atoms with E-state index in [4.69, 9.17) is 4.42 Å². The molecule has 2 aromatic rings. The number of benzene rings is 1. The highest BCUT2D eigenvalue weighted by atomic mass is 32.2. The van der Waals surface area contributed by atoms with E-state index >= 15 is 0 Å². The van der Waals surface area contributed by atoms with E-state index < -0.39 is 15.4 Å². The predicted molar refractivity (Wildman–Crippen MR) is 95.0 cm³/mol. The van der Waals surface area contributed by atoms with Crippen LogP contribution in [-0.4, -0.2) is 20.9 Å². The molecule has 2 heterocycles. The number of nitrogens with zero attached hydrogens (tertiary/aromatic N) is 1. The van der Waals surface area contributed by atoms with Crippen LogP contribution in [0.2, 0.25) is 0 Å². The Kier molecular flexibility index (Phi) is 4.25. The minimum Gasteiger partial charge on any atom is -0.465 e. The molecule has 0 saturated carbocycles. The number of aryl methyl sites for hydroxylation is 1. The summed E-state index contributed by atoms with van der Waals surface area (Å²) in [5, 5.41) is 0. The maximum atomic E-state index is 12.6. The molecule has 1 aliphatic rings. The SMILES string of the molecule is CCN1C(=O)C(C)(C)c2cc(S(=O)(=O)NCc3ccc(C)o3)ccc21. The van der Waals surface area contributed by atoms with Gasteiger partial charge in [-0.15, -0.1) is 0 Å². The molecule has 3 rings (SSSR count). The van der Waals surface area contributed by atoms with E-state index in [2.05, 4.69) is 4.72 Å². The van der Waals surface area contributed by atoms with Crippen LogP contribution in [0.15, 0.2) is 39.6 Å². The first-order chi connectivity index (χ1) is 11.7. The number of carbonyl (C=O) groups is 1. The summed E-state index contributed by atoms with van der Waals surface area (Å²) in [6.07, 6.45) is 0. The number of nitrogens with one attached hydrogen (secondary N) is 1.